The lowest BCUT2D eigenvalue weighted by Gasteiger charge is -2.31. The Kier molecular flexibility index (Phi) is 5.65. The van der Waals surface area contributed by atoms with Crippen molar-refractivity contribution in [3.05, 3.63) is 70.5 Å². The molecule has 4 heteroatoms. The molecule has 0 atom stereocenters. The quantitative estimate of drug-likeness (QED) is 0.541. The normalized spacial score (nSPS) is 11.6. The molecule has 0 aliphatic rings. The first-order valence-corrected chi connectivity index (χ1v) is 8.84. The molecule has 0 aromatic heterocycles. The van der Waals surface area contributed by atoms with Crippen LogP contribution in [-0.4, -0.2) is 10.7 Å². The highest BCUT2D eigenvalue weighted by atomic mass is 79.9. The summed E-state index contributed by atoms with van der Waals surface area (Å²) < 4.78 is 13.4. The molecule has 20 heavy (non-hydrogen) atoms. The summed E-state index contributed by atoms with van der Waals surface area (Å²) in [6.07, 6.45) is 0.753. The number of benzene rings is 2. The molecule has 0 spiro atoms. The molecule has 0 saturated heterocycles. The Morgan fingerprint density at radius 3 is 2.20 bits per heavy atom. The van der Waals surface area contributed by atoms with E-state index in [4.69, 9.17) is 11.6 Å². The van der Waals surface area contributed by atoms with Crippen molar-refractivity contribution in [2.75, 3.05) is 10.7 Å². The first-order chi connectivity index (χ1) is 9.59. The number of hydrogen-bond acceptors (Lipinski definition) is 0. The van der Waals surface area contributed by atoms with Crippen LogP contribution in [0, 0.1) is 5.82 Å². The van der Waals surface area contributed by atoms with Crippen molar-refractivity contribution in [1.29, 1.82) is 0 Å². The fourth-order valence-corrected chi connectivity index (χ4v) is 4.33. The molecular weight excluding hydrogens is 406 g/mol. The summed E-state index contributed by atoms with van der Waals surface area (Å²) in [5.41, 5.74) is 2.04. The molecule has 0 N–H and O–H groups in total. The SMILES string of the molecule is Fc1cccc(CC(CBr)(CBr)c2ccc(Cl)cc2)c1. The van der Waals surface area contributed by atoms with Crippen LogP contribution in [0.5, 0.6) is 0 Å². The van der Waals surface area contributed by atoms with Gasteiger partial charge in [-0.1, -0.05) is 67.7 Å². The summed E-state index contributed by atoms with van der Waals surface area (Å²) in [6.45, 7) is 0. The minimum atomic E-state index is -0.198. The van der Waals surface area contributed by atoms with Crippen LogP contribution in [0.2, 0.25) is 5.02 Å². The van der Waals surface area contributed by atoms with Gasteiger partial charge in [0.2, 0.25) is 0 Å². The third-order valence-corrected chi connectivity index (χ3v) is 5.80. The van der Waals surface area contributed by atoms with E-state index in [0.717, 1.165) is 27.7 Å². The van der Waals surface area contributed by atoms with Gasteiger partial charge in [-0.2, -0.15) is 0 Å². The van der Waals surface area contributed by atoms with Crippen molar-refractivity contribution in [2.24, 2.45) is 0 Å². The van der Waals surface area contributed by atoms with E-state index >= 15 is 0 Å². The van der Waals surface area contributed by atoms with Gasteiger partial charge in [0, 0.05) is 21.1 Å². The highest BCUT2D eigenvalue weighted by Gasteiger charge is 2.30. The molecule has 0 unspecified atom stereocenters. The zero-order chi connectivity index (χ0) is 14.6. The van der Waals surface area contributed by atoms with E-state index in [1.807, 2.05) is 30.3 Å². The molecule has 2 aromatic carbocycles. The van der Waals surface area contributed by atoms with E-state index < -0.39 is 0 Å². The third kappa shape index (κ3) is 3.63. The predicted molar refractivity (Wildman–Crippen MR) is 90.8 cm³/mol. The first kappa shape index (κ1) is 16.0. The Balaban J connectivity index is 2.36. The summed E-state index contributed by atoms with van der Waals surface area (Å²) in [6, 6.07) is 14.6. The fourth-order valence-electron chi connectivity index (χ4n) is 2.23. The van der Waals surface area contributed by atoms with Crippen molar-refractivity contribution < 1.29 is 4.39 Å². The molecule has 106 valence electrons. The predicted octanol–water partition coefficient (Wildman–Crippen LogP) is 5.75. The summed E-state index contributed by atoms with van der Waals surface area (Å²) in [5, 5.41) is 2.28. The van der Waals surface area contributed by atoms with E-state index in [0.29, 0.717) is 0 Å². The maximum Gasteiger partial charge on any atom is 0.123 e. The molecular formula is C16H14Br2ClF. The van der Waals surface area contributed by atoms with E-state index in [9.17, 15) is 4.39 Å². The molecule has 0 radical (unpaired) electrons. The molecule has 0 bridgehead atoms. The van der Waals surface area contributed by atoms with Gasteiger partial charge in [-0.05, 0) is 41.8 Å². The summed E-state index contributed by atoms with van der Waals surface area (Å²) in [5.74, 6) is -0.198. The molecule has 0 heterocycles. The molecule has 2 aromatic rings. The van der Waals surface area contributed by atoms with Crippen molar-refractivity contribution in [1.82, 2.24) is 0 Å². The lowest BCUT2D eigenvalue weighted by atomic mass is 9.79. The molecule has 2 rings (SSSR count). The minimum absolute atomic E-state index is 0.127. The Bertz CT molecular complexity index is 565. The van der Waals surface area contributed by atoms with Crippen LogP contribution < -0.4 is 0 Å². The second-order valence-electron chi connectivity index (χ2n) is 4.86. The maximum atomic E-state index is 13.4. The van der Waals surface area contributed by atoms with Crippen LogP contribution in [-0.2, 0) is 11.8 Å². The lowest BCUT2D eigenvalue weighted by Crippen LogP contribution is -2.33. The lowest BCUT2D eigenvalue weighted by molar-refractivity contribution is 0.547. The van der Waals surface area contributed by atoms with E-state index in [1.165, 1.54) is 11.6 Å². The van der Waals surface area contributed by atoms with Crippen LogP contribution in [0.4, 0.5) is 4.39 Å². The van der Waals surface area contributed by atoms with Crippen molar-refractivity contribution in [3.8, 4) is 0 Å². The Morgan fingerprint density at radius 1 is 1.00 bits per heavy atom. The fraction of sp³-hybridized carbons (Fsp3) is 0.250. The topological polar surface area (TPSA) is 0 Å². The number of rotatable bonds is 5. The van der Waals surface area contributed by atoms with Gasteiger partial charge in [0.05, 0.1) is 0 Å². The molecule has 0 aliphatic heterocycles. The average Bonchev–Trinajstić information content (AvgIpc) is 2.46. The van der Waals surface area contributed by atoms with Gasteiger partial charge >= 0.3 is 0 Å². The third-order valence-electron chi connectivity index (χ3n) is 3.40. The highest BCUT2D eigenvalue weighted by molar-refractivity contribution is 9.09. The van der Waals surface area contributed by atoms with Crippen molar-refractivity contribution in [2.45, 2.75) is 11.8 Å². The van der Waals surface area contributed by atoms with Crippen LogP contribution in [0.15, 0.2) is 48.5 Å². The summed E-state index contributed by atoms with van der Waals surface area (Å²) >= 11 is 13.2. The standard InChI is InChI=1S/C16H14Br2ClF/c17-10-16(11-18,13-4-6-14(19)7-5-13)9-12-2-1-3-15(20)8-12/h1-8H,9-11H2. The first-order valence-electron chi connectivity index (χ1n) is 6.22. The van der Waals surface area contributed by atoms with Gasteiger partial charge in [-0.15, -0.1) is 0 Å². The summed E-state index contributed by atoms with van der Waals surface area (Å²) in [7, 11) is 0. The van der Waals surface area contributed by atoms with E-state index in [-0.39, 0.29) is 11.2 Å². The van der Waals surface area contributed by atoms with Crippen LogP contribution in [0.1, 0.15) is 11.1 Å². The molecule has 0 nitrogen and oxygen atoms in total. The van der Waals surface area contributed by atoms with Crippen molar-refractivity contribution in [3.63, 3.8) is 0 Å². The van der Waals surface area contributed by atoms with E-state index in [2.05, 4.69) is 31.9 Å². The van der Waals surface area contributed by atoms with Crippen LogP contribution >= 0.6 is 43.5 Å². The molecule has 0 fully saturated rings. The molecule has 0 aliphatic carbocycles. The number of alkyl halides is 2. The van der Waals surface area contributed by atoms with Gasteiger partial charge in [0.15, 0.2) is 0 Å². The zero-order valence-corrected chi connectivity index (χ0v) is 14.7. The highest BCUT2D eigenvalue weighted by Crippen LogP contribution is 2.33. The van der Waals surface area contributed by atoms with Crippen LogP contribution in [0.25, 0.3) is 0 Å². The average molecular weight is 421 g/mol. The van der Waals surface area contributed by atoms with Gasteiger partial charge in [0.1, 0.15) is 5.82 Å². The smallest absolute Gasteiger partial charge is 0.123 e. The van der Waals surface area contributed by atoms with Crippen LogP contribution in [0.3, 0.4) is 0 Å². The Hall–Kier alpha value is -0.380. The minimum Gasteiger partial charge on any atom is -0.207 e. The zero-order valence-electron chi connectivity index (χ0n) is 10.8. The Labute approximate surface area is 140 Å². The van der Waals surface area contributed by atoms with Gasteiger partial charge < -0.3 is 0 Å². The molecule has 0 saturated carbocycles. The van der Waals surface area contributed by atoms with Crippen molar-refractivity contribution >= 4 is 43.5 Å². The number of hydrogen-bond donors (Lipinski definition) is 0. The van der Waals surface area contributed by atoms with Gasteiger partial charge in [0.25, 0.3) is 0 Å². The monoisotopic (exact) mass is 418 g/mol. The van der Waals surface area contributed by atoms with E-state index in [1.54, 1.807) is 12.1 Å². The second-order valence-corrected chi connectivity index (χ2v) is 6.42. The summed E-state index contributed by atoms with van der Waals surface area (Å²) in [4.78, 5) is 0. The largest absolute Gasteiger partial charge is 0.207 e. The maximum absolute atomic E-state index is 13.4. The molecule has 0 amide bonds. The van der Waals surface area contributed by atoms with Gasteiger partial charge in [-0.25, -0.2) is 4.39 Å². The second kappa shape index (κ2) is 7.06. The van der Waals surface area contributed by atoms with Gasteiger partial charge in [-0.3, -0.25) is 0 Å². The Morgan fingerprint density at radius 2 is 1.65 bits per heavy atom. The number of halogens is 4.